The molecular formula is C22H26BrNO4. The van der Waals surface area contributed by atoms with Crippen LogP contribution in [-0.4, -0.2) is 36.5 Å². The van der Waals surface area contributed by atoms with Crippen LogP contribution in [0.4, 0.5) is 0 Å². The molecule has 1 amide bonds. The minimum absolute atomic E-state index is 0.0844. The normalized spacial score (nSPS) is 10.4. The van der Waals surface area contributed by atoms with Gasteiger partial charge in [-0.25, -0.2) is 0 Å². The molecule has 0 heterocycles. The van der Waals surface area contributed by atoms with E-state index >= 15 is 0 Å². The highest BCUT2D eigenvalue weighted by Gasteiger charge is 2.18. The monoisotopic (exact) mass is 447 g/mol. The van der Waals surface area contributed by atoms with Crippen molar-refractivity contribution in [3.05, 3.63) is 63.6 Å². The van der Waals surface area contributed by atoms with E-state index in [4.69, 9.17) is 9.47 Å². The summed E-state index contributed by atoms with van der Waals surface area (Å²) in [6, 6.07) is 13.6. The number of benzene rings is 2. The lowest BCUT2D eigenvalue weighted by Gasteiger charge is -2.23. The van der Waals surface area contributed by atoms with Gasteiger partial charge in [0, 0.05) is 17.6 Å². The van der Waals surface area contributed by atoms with Gasteiger partial charge in [0.1, 0.15) is 5.75 Å². The summed E-state index contributed by atoms with van der Waals surface area (Å²) in [5.41, 5.74) is 2.91. The second-order valence-electron chi connectivity index (χ2n) is 6.51. The Morgan fingerprint density at radius 2 is 1.71 bits per heavy atom. The Balaban J connectivity index is 2.06. The predicted octanol–water partition coefficient (Wildman–Crippen LogP) is 4.43. The number of rotatable bonds is 9. The lowest BCUT2D eigenvalue weighted by Crippen LogP contribution is -2.36. The smallest absolute Gasteiger partial charge is 0.307 e. The molecule has 0 unspecified atom stereocenters. The third kappa shape index (κ3) is 6.68. The SMILES string of the molecule is CCOC(=O)CCN(Cc1ccccc1)C(=O)COc1c(C)cc(Br)cc1C. The van der Waals surface area contributed by atoms with Crippen molar-refractivity contribution >= 4 is 27.8 Å². The summed E-state index contributed by atoms with van der Waals surface area (Å²) >= 11 is 3.46. The van der Waals surface area contributed by atoms with Crippen molar-refractivity contribution in [2.75, 3.05) is 19.8 Å². The van der Waals surface area contributed by atoms with Crippen molar-refractivity contribution in [1.82, 2.24) is 4.90 Å². The zero-order valence-corrected chi connectivity index (χ0v) is 18.1. The molecule has 0 saturated carbocycles. The third-order valence-corrected chi connectivity index (χ3v) is 4.68. The highest BCUT2D eigenvalue weighted by Crippen LogP contribution is 2.27. The third-order valence-electron chi connectivity index (χ3n) is 4.23. The van der Waals surface area contributed by atoms with Crippen LogP contribution in [0.25, 0.3) is 0 Å². The van der Waals surface area contributed by atoms with Gasteiger partial charge in [0.2, 0.25) is 0 Å². The van der Waals surface area contributed by atoms with Gasteiger partial charge < -0.3 is 14.4 Å². The molecule has 5 nitrogen and oxygen atoms in total. The lowest BCUT2D eigenvalue weighted by atomic mass is 10.1. The molecule has 0 aromatic heterocycles. The molecule has 0 fully saturated rings. The highest BCUT2D eigenvalue weighted by atomic mass is 79.9. The first kappa shape index (κ1) is 22.0. The number of ether oxygens (including phenoxy) is 2. The summed E-state index contributed by atoms with van der Waals surface area (Å²) in [6.45, 7) is 6.60. The molecule has 150 valence electrons. The largest absolute Gasteiger partial charge is 0.483 e. The van der Waals surface area contributed by atoms with E-state index in [1.807, 2.05) is 56.3 Å². The number of aryl methyl sites for hydroxylation is 2. The summed E-state index contributed by atoms with van der Waals surface area (Å²) < 4.78 is 11.8. The molecule has 0 bridgehead atoms. The second kappa shape index (κ2) is 10.9. The van der Waals surface area contributed by atoms with E-state index in [0.29, 0.717) is 18.9 Å². The van der Waals surface area contributed by atoms with Crippen LogP contribution in [0.15, 0.2) is 46.9 Å². The molecule has 2 rings (SSSR count). The van der Waals surface area contributed by atoms with Crippen LogP contribution in [0.5, 0.6) is 5.75 Å². The van der Waals surface area contributed by atoms with E-state index in [1.54, 1.807) is 11.8 Å². The van der Waals surface area contributed by atoms with E-state index in [1.165, 1.54) is 0 Å². The number of carbonyl (C=O) groups excluding carboxylic acids is 2. The number of carbonyl (C=O) groups is 2. The van der Waals surface area contributed by atoms with E-state index in [-0.39, 0.29) is 31.4 Å². The van der Waals surface area contributed by atoms with E-state index < -0.39 is 0 Å². The van der Waals surface area contributed by atoms with Crippen LogP contribution in [0, 0.1) is 13.8 Å². The topological polar surface area (TPSA) is 55.8 Å². The van der Waals surface area contributed by atoms with Crippen LogP contribution in [-0.2, 0) is 20.9 Å². The molecule has 0 saturated heterocycles. The van der Waals surface area contributed by atoms with Crippen LogP contribution < -0.4 is 4.74 Å². The van der Waals surface area contributed by atoms with Crippen molar-refractivity contribution in [3.63, 3.8) is 0 Å². The van der Waals surface area contributed by atoms with Crippen LogP contribution in [0.3, 0.4) is 0 Å². The number of halogens is 1. The van der Waals surface area contributed by atoms with Gasteiger partial charge in [-0.1, -0.05) is 46.3 Å². The summed E-state index contributed by atoms with van der Waals surface area (Å²) in [7, 11) is 0. The minimum Gasteiger partial charge on any atom is -0.483 e. The van der Waals surface area contributed by atoms with E-state index in [2.05, 4.69) is 15.9 Å². The Bertz CT molecular complexity index is 784. The predicted molar refractivity (Wildman–Crippen MR) is 112 cm³/mol. The second-order valence-corrected chi connectivity index (χ2v) is 7.43. The van der Waals surface area contributed by atoms with Gasteiger partial charge in [-0.3, -0.25) is 9.59 Å². The Labute approximate surface area is 174 Å². The van der Waals surface area contributed by atoms with Gasteiger partial charge in [0.05, 0.1) is 13.0 Å². The maximum absolute atomic E-state index is 12.8. The zero-order valence-electron chi connectivity index (χ0n) is 16.5. The number of amides is 1. The standard InChI is InChI=1S/C22H26BrNO4/c1-4-27-21(26)10-11-24(14-18-8-6-5-7-9-18)20(25)15-28-22-16(2)12-19(23)13-17(22)3/h5-9,12-13H,4,10-11,14-15H2,1-3H3. The van der Waals surface area contributed by atoms with Gasteiger partial charge in [0.15, 0.2) is 6.61 Å². The van der Waals surface area contributed by atoms with Crippen molar-refractivity contribution in [2.24, 2.45) is 0 Å². The first-order valence-corrected chi connectivity index (χ1v) is 10.1. The first-order valence-electron chi connectivity index (χ1n) is 9.27. The molecule has 0 aliphatic heterocycles. The molecule has 28 heavy (non-hydrogen) atoms. The fourth-order valence-electron chi connectivity index (χ4n) is 2.91. The van der Waals surface area contributed by atoms with Crippen molar-refractivity contribution in [1.29, 1.82) is 0 Å². The molecule has 0 atom stereocenters. The molecule has 0 spiro atoms. The molecule has 0 radical (unpaired) electrons. The fraction of sp³-hybridized carbons (Fsp3) is 0.364. The maximum Gasteiger partial charge on any atom is 0.307 e. The Morgan fingerprint density at radius 1 is 1.07 bits per heavy atom. The lowest BCUT2D eigenvalue weighted by molar-refractivity contribution is -0.144. The molecule has 2 aromatic rings. The van der Waals surface area contributed by atoms with Gasteiger partial charge in [-0.15, -0.1) is 0 Å². The quantitative estimate of drug-likeness (QED) is 0.533. The van der Waals surface area contributed by atoms with Gasteiger partial charge in [0.25, 0.3) is 5.91 Å². The van der Waals surface area contributed by atoms with Crippen LogP contribution in [0.1, 0.15) is 30.0 Å². The van der Waals surface area contributed by atoms with E-state index in [0.717, 1.165) is 21.2 Å². The summed E-state index contributed by atoms with van der Waals surface area (Å²) in [5, 5.41) is 0. The van der Waals surface area contributed by atoms with Crippen molar-refractivity contribution in [3.8, 4) is 5.75 Å². The summed E-state index contributed by atoms with van der Waals surface area (Å²) in [6.07, 6.45) is 0.156. The molecule has 2 aromatic carbocycles. The average Bonchev–Trinajstić information content (AvgIpc) is 2.65. The zero-order chi connectivity index (χ0) is 20.5. The Kier molecular flexibility index (Phi) is 8.51. The van der Waals surface area contributed by atoms with E-state index in [9.17, 15) is 9.59 Å². The molecular weight excluding hydrogens is 422 g/mol. The average molecular weight is 448 g/mol. The first-order chi connectivity index (χ1) is 13.4. The van der Waals surface area contributed by atoms with Gasteiger partial charge in [-0.05, 0) is 49.6 Å². The van der Waals surface area contributed by atoms with Gasteiger partial charge in [-0.2, -0.15) is 0 Å². The fourth-order valence-corrected chi connectivity index (χ4v) is 3.59. The Hall–Kier alpha value is -2.34. The summed E-state index contributed by atoms with van der Waals surface area (Å²) in [5.74, 6) is 0.227. The minimum atomic E-state index is -0.311. The molecule has 6 heteroatoms. The highest BCUT2D eigenvalue weighted by molar-refractivity contribution is 9.10. The molecule has 0 aliphatic carbocycles. The van der Waals surface area contributed by atoms with Crippen molar-refractivity contribution in [2.45, 2.75) is 33.7 Å². The number of nitrogens with zero attached hydrogens (tertiary/aromatic N) is 1. The molecule has 0 aliphatic rings. The van der Waals surface area contributed by atoms with Crippen molar-refractivity contribution < 1.29 is 19.1 Å². The van der Waals surface area contributed by atoms with Crippen LogP contribution >= 0.6 is 15.9 Å². The summed E-state index contributed by atoms with van der Waals surface area (Å²) in [4.78, 5) is 26.2. The number of esters is 1. The number of hydrogen-bond donors (Lipinski definition) is 0. The van der Waals surface area contributed by atoms with Gasteiger partial charge >= 0.3 is 5.97 Å². The Morgan fingerprint density at radius 3 is 2.32 bits per heavy atom. The number of hydrogen-bond acceptors (Lipinski definition) is 4. The maximum atomic E-state index is 12.8. The van der Waals surface area contributed by atoms with Crippen LogP contribution in [0.2, 0.25) is 0 Å². The molecule has 0 N–H and O–H groups in total.